The van der Waals surface area contributed by atoms with E-state index in [1.165, 1.54) is 49.0 Å². The first-order chi connectivity index (χ1) is 9.70. The number of rotatable bonds is 7. The third kappa shape index (κ3) is 4.51. The summed E-state index contributed by atoms with van der Waals surface area (Å²) in [5, 5.41) is 3.50. The zero-order valence-electron chi connectivity index (χ0n) is 11.8. The van der Waals surface area contributed by atoms with E-state index in [-0.39, 0.29) is 0 Å². The van der Waals surface area contributed by atoms with Gasteiger partial charge in [0.25, 0.3) is 0 Å². The van der Waals surface area contributed by atoms with Crippen LogP contribution in [0.25, 0.3) is 10.4 Å². The lowest BCUT2D eigenvalue weighted by atomic mass is 10.1. The Morgan fingerprint density at radius 1 is 0.950 bits per heavy atom. The van der Waals surface area contributed by atoms with Gasteiger partial charge in [-0.3, -0.25) is 0 Å². The van der Waals surface area contributed by atoms with Gasteiger partial charge in [0.2, 0.25) is 0 Å². The van der Waals surface area contributed by atoms with E-state index in [0.717, 1.165) is 5.56 Å². The van der Waals surface area contributed by atoms with Gasteiger partial charge < -0.3 is 0 Å². The third-order valence-corrected chi connectivity index (χ3v) is 5.19. The highest BCUT2D eigenvalue weighted by molar-refractivity contribution is 7.13. The Bertz CT molecular complexity index is 546. The molecule has 0 N–H and O–H groups in total. The van der Waals surface area contributed by atoms with Gasteiger partial charge in [-0.1, -0.05) is 61.9 Å². The Kier molecular flexibility index (Phi) is 6.41. The summed E-state index contributed by atoms with van der Waals surface area (Å²) in [7, 11) is 0. The standard InChI is InChI=1S/C17H20Cl2S/c1-2-3-4-5-6-7-13-10-17(20-12-13)14-8-9-15(18)16(19)11-14/h8-12H,2-7H2,1H3. The van der Waals surface area contributed by atoms with Crippen LogP contribution in [0.1, 0.15) is 44.6 Å². The number of unbranched alkanes of at least 4 members (excludes halogenated alkanes) is 4. The van der Waals surface area contributed by atoms with Crippen molar-refractivity contribution in [1.29, 1.82) is 0 Å². The van der Waals surface area contributed by atoms with Gasteiger partial charge in [0.05, 0.1) is 10.0 Å². The lowest BCUT2D eigenvalue weighted by molar-refractivity contribution is 0.633. The van der Waals surface area contributed by atoms with Gasteiger partial charge in [-0.15, -0.1) is 11.3 Å². The van der Waals surface area contributed by atoms with Crippen LogP contribution >= 0.6 is 34.5 Å². The van der Waals surface area contributed by atoms with Crippen LogP contribution in [-0.2, 0) is 6.42 Å². The number of aryl methyl sites for hydroxylation is 1. The van der Waals surface area contributed by atoms with Gasteiger partial charge in [-0.25, -0.2) is 0 Å². The summed E-state index contributed by atoms with van der Waals surface area (Å²) in [6, 6.07) is 8.12. The fourth-order valence-corrected chi connectivity index (χ4v) is 3.48. The van der Waals surface area contributed by atoms with Crippen LogP contribution in [0.15, 0.2) is 29.6 Å². The summed E-state index contributed by atoms with van der Waals surface area (Å²) in [5.41, 5.74) is 2.59. The summed E-state index contributed by atoms with van der Waals surface area (Å²) in [6.45, 7) is 2.25. The number of thiophene rings is 1. The van der Waals surface area contributed by atoms with Gasteiger partial charge >= 0.3 is 0 Å². The fraction of sp³-hybridized carbons (Fsp3) is 0.412. The van der Waals surface area contributed by atoms with Crippen LogP contribution in [-0.4, -0.2) is 0 Å². The zero-order chi connectivity index (χ0) is 14.4. The van der Waals surface area contributed by atoms with Crippen molar-refractivity contribution >= 4 is 34.5 Å². The van der Waals surface area contributed by atoms with E-state index < -0.39 is 0 Å². The molecule has 0 bridgehead atoms. The molecule has 0 aliphatic heterocycles. The third-order valence-electron chi connectivity index (χ3n) is 3.43. The maximum atomic E-state index is 6.08. The largest absolute Gasteiger partial charge is 0.144 e. The monoisotopic (exact) mass is 326 g/mol. The SMILES string of the molecule is CCCCCCCc1csc(-c2ccc(Cl)c(Cl)c2)c1. The molecule has 0 aliphatic carbocycles. The molecule has 0 amide bonds. The molecule has 0 saturated heterocycles. The minimum atomic E-state index is 0.614. The molecule has 20 heavy (non-hydrogen) atoms. The fourth-order valence-electron chi connectivity index (χ4n) is 2.24. The average Bonchev–Trinajstić information content (AvgIpc) is 2.90. The van der Waals surface area contributed by atoms with Gasteiger partial charge in [0.1, 0.15) is 0 Å². The molecule has 0 nitrogen and oxygen atoms in total. The second-order valence-corrected chi connectivity index (χ2v) is 6.84. The molecule has 0 fully saturated rings. The maximum Gasteiger partial charge on any atom is 0.0598 e. The van der Waals surface area contributed by atoms with Crippen molar-refractivity contribution in [1.82, 2.24) is 0 Å². The molecule has 0 atom stereocenters. The summed E-state index contributed by atoms with van der Waals surface area (Å²) >= 11 is 13.8. The Labute approximate surface area is 135 Å². The van der Waals surface area contributed by atoms with Crippen LogP contribution in [0.3, 0.4) is 0 Å². The first-order valence-corrected chi connectivity index (χ1v) is 8.87. The van der Waals surface area contributed by atoms with Crippen molar-refractivity contribution in [3.8, 4) is 10.4 Å². The van der Waals surface area contributed by atoms with Crippen LogP contribution in [0.5, 0.6) is 0 Å². The lowest BCUT2D eigenvalue weighted by Crippen LogP contribution is -1.83. The smallest absolute Gasteiger partial charge is 0.0598 e. The number of hydrogen-bond acceptors (Lipinski definition) is 1. The molecule has 0 unspecified atom stereocenters. The van der Waals surface area contributed by atoms with Crippen molar-refractivity contribution in [2.45, 2.75) is 45.4 Å². The molecule has 0 radical (unpaired) electrons. The average molecular weight is 327 g/mol. The van der Waals surface area contributed by atoms with Crippen molar-refractivity contribution in [3.05, 3.63) is 45.3 Å². The highest BCUT2D eigenvalue weighted by Crippen LogP contribution is 2.32. The minimum Gasteiger partial charge on any atom is -0.144 e. The van der Waals surface area contributed by atoms with E-state index in [1.807, 2.05) is 18.2 Å². The zero-order valence-corrected chi connectivity index (χ0v) is 14.1. The van der Waals surface area contributed by atoms with E-state index >= 15 is 0 Å². The minimum absolute atomic E-state index is 0.614. The Morgan fingerprint density at radius 2 is 1.75 bits per heavy atom. The number of halogens is 2. The van der Waals surface area contributed by atoms with Gasteiger partial charge in [0.15, 0.2) is 0 Å². The maximum absolute atomic E-state index is 6.08. The lowest BCUT2D eigenvalue weighted by Gasteiger charge is -2.00. The molecule has 3 heteroatoms. The number of benzene rings is 1. The molecule has 0 aliphatic rings. The van der Waals surface area contributed by atoms with E-state index in [0.29, 0.717) is 10.0 Å². The summed E-state index contributed by atoms with van der Waals surface area (Å²) in [4.78, 5) is 1.27. The van der Waals surface area contributed by atoms with Crippen molar-refractivity contribution < 1.29 is 0 Å². The van der Waals surface area contributed by atoms with Crippen LogP contribution in [0.4, 0.5) is 0 Å². The normalized spacial score (nSPS) is 10.9. The summed E-state index contributed by atoms with van der Waals surface area (Å²) in [5.74, 6) is 0. The molecule has 108 valence electrons. The summed E-state index contributed by atoms with van der Waals surface area (Å²) in [6.07, 6.45) is 7.84. The van der Waals surface area contributed by atoms with Gasteiger partial charge in [-0.2, -0.15) is 0 Å². The van der Waals surface area contributed by atoms with Crippen LogP contribution in [0, 0.1) is 0 Å². The van der Waals surface area contributed by atoms with Crippen molar-refractivity contribution in [2.24, 2.45) is 0 Å². The summed E-state index contributed by atoms with van der Waals surface area (Å²) < 4.78 is 0. The molecular formula is C17H20Cl2S. The molecule has 0 spiro atoms. The predicted octanol–water partition coefficient (Wildman–Crippen LogP) is 7.23. The van der Waals surface area contributed by atoms with Gasteiger partial charge in [0, 0.05) is 4.88 Å². The predicted molar refractivity (Wildman–Crippen MR) is 92.2 cm³/mol. The van der Waals surface area contributed by atoms with Crippen LogP contribution in [0.2, 0.25) is 10.0 Å². The molecule has 1 heterocycles. The van der Waals surface area contributed by atoms with E-state index in [2.05, 4.69) is 18.4 Å². The molecule has 0 saturated carbocycles. The molecule has 1 aromatic carbocycles. The van der Waals surface area contributed by atoms with E-state index in [9.17, 15) is 0 Å². The molecule has 2 rings (SSSR count). The van der Waals surface area contributed by atoms with Crippen molar-refractivity contribution in [3.63, 3.8) is 0 Å². The van der Waals surface area contributed by atoms with Crippen LogP contribution < -0.4 is 0 Å². The highest BCUT2D eigenvalue weighted by Gasteiger charge is 2.05. The Balaban J connectivity index is 1.93. The first-order valence-electron chi connectivity index (χ1n) is 7.23. The Morgan fingerprint density at radius 3 is 2.50 bits per heavy atom. The van der Waals surface area contributed by atoms with E-state index in [1.54, 1.807) is 11.3 Å². The molecule has 2 aromatic rings. The van der Waals surface area contributed by atoms with E-state index in [4.69, 9.17) is 23.2 Å². The molecule has 1 aromatic heterocycles. The molecular weight excluding hydrogens is 307 g/mol. The topological polar surface area (TPSA) is 0 Å². The van der Waals surface area contributed by atoms with Gasteiger partial charge in [-0.05, 0) is 47.5 Å². The Hall–Kier alpha value is -0.500. The second-order valence-electron chi connectivity index (χ2n) is 5.11. The first kappa shape index (κ1) is 15.9. The second kappa shape index (κ2) is 8.07. The number of hydrogen-bond donors (Lipinski definition) is 0. The van der Waals surface area contributed by atoms with Crippen molar-refractivity contribution in [2.75, 3.05) is 0 Å². The quantitative estimate of drug-likeness (QED) is 0.470. The highest BCUT2D eigenvalue weighted by atomic mass is 35.5.